The van der Waals surface area contributed by atoms with Crippen molar-refractivity contribution in [2.45, 2.75) is 50.9 Å². The van der Waals surface area contributed by atoms with E-state index in [9.17, 15) is 0 Å². The zero-order valence-electron chi connectivity index (χ0n) is 27.3. The first-order chi connectivity index (χ1) is 23.1. The second kappa shape index (κ2) is 9.47. The zero-order valence-corrected chi connectivity index (χ0v) is 27.3. The summed E-state index contributed by atoms with van der Waals surface area (Å²) in [6.07, 6.45) is 9.05. The van der Waals surface area contributed by atoms with Crippen LogP contribution in [0.15, 0.2) is 127 Å². The summed E-state index contributed by atoms with van der Waals surface area (Å²) in [6.45, 7) is 2.75. The quantitative estimate of drug-likeness (QED) is 0.175. The van der Waals surface area contributed by atoms with Gasteiger partial charge in [0.2, 0.25) is 0 Å². The minimum Gasteiger partial charge on any atom is -0.0622 e. The molecular formula is C47H42. The van der Waals surface area contributed by atoms with Crippen LogP contribution >= 0.6 is 0 Å². The maximum atomic E-state index is 2.75. The van der Waals surface area contributed by atoms with Crippen LogP contribution in [0.4, 0.5) is 0 Å². The topological polar surface area (TPSA) is 0 Å². The third-order valence-corrected chi connectivity index (χ3v) is 14.6. The van der Waals surface area contributed by atoms with Crippen LogP contribution in [0.5, 0.6) is 0 Å². The molecule has 230 valence electrons. The Morgan fingerprint density at radius 3 is 1.66 bits per heavy atom. The van der Waals surface area contributed by atoms with Gasteiger partial charge < -0.3 is 0 Å². The van der Waals surface area contributed by atoms with Gasteiger partial charge in [-0.25, -0.2) is 0 Å². The van der Waals surface area contributed by atoms with Crippen molar-refractivity contribution in [3.63, 3.8) is 0 Å². The maximum Gasteiger partial charge on any atom is 0.00433 e. The molecule has 0 N–H and O–H groups in total. The Bertz CT molecular complexity index is 2190. The molecule has 6 aromatic carbocycles. The Kier molecular flexibility index (Phi) is 5.41. The Hall–Kier alpha value is -4.16. The molecule has 8 bridgehead atoms. The Balaban J connectivity index is 1.09. The van der Waals surface area contributed by atoms with E-state index < -0.39 is 0 Å². The predicted octanol–water partition coefficient (Wildman–Crippen LogP) is 12.3. The molecule has 47 heavy (non-hydrogen) atoms. The van der Waals surface area contributed by atoms with Gasteiger partial charge in [-0.05, 0) is 146 Å². The van der Waals surface area contributed by atoms with E-state index >= 15 is 0 Å². The zero-order chi connectivity index (χ0) is 30.9. The van der Waals surface area contributed by atoms with Crippen LogP contribution < -0.4 is 0 Å². The van der Waals surface area contributed by atoms with E-state index in [0.29, 0.717) is 10.8 Å². The van der Waals surface area contributed by atoms with Crippen LogP contribution in [0.2, 0.25) is 0 Å². The number of hydrogen-bond acceptors (Lipinski definition) is 0. The van der Waals surface area contributed by atoms with Crippen LogP contribution in [0.3, 0.4) is 0 Å². The molecule has 0 radical (unpaired) electrons. The minimum atomic E-state index is 0.406. The fraction of sp³-hybridized carbons (Fsp3) is 0.319. The first-order valence-electron chi connectivity index (χ1n) is 18.3. The van der Waals surface area contributed by atoms with Crippen LogP contribution in [0.1, 0.15) is 51.0 Å². The van der Waals surface area contributed by atoms with Crippen LogP contribution in [-0.4, -0.2) is 0 Å². The van der Waals surface area contributed by atoms with E-state index in [0.717, 1.165) is 35.5 Å². The molecule has 0 heterocycles. The molecule has 7 aliphatic rings. The van der Waals surface area contributed by atoms with Gasteiger partial charge in [0.25, 0.3) is 0 Å². The molecule has 6 aromatic rings. The highest BCUT2D eigenvalue weighted by Gasteiger charge is 2.74. The standard InChI is InChI=1S/C47H42/c1-46-27-29-22-39-40-23-30(24-42(39)46)28-47(46,43(40)25-29)35-19-16-31(17-20-35)34-18-21-38-41(26-34)45(33-12-6-3-7-13-33)37-15-9-8-14-36(37)44(38)32-10-4-2-5-11-32/h2-21,26,29-30,39-40,42-43H,22-25,27-28H2,1H3. The van der Waals surface area contributed by atoms with Gasteiger partial charge in [0.15, 0.2) is 0 Å². The smallest absolute Gasteiger partial charge is 0.00433 e. The van der Waals surface area contributed by atoms with Gasteiger partial charge >= 0.3 is 0 Å². The Labute approximate surface area is 278 Å². The summed E-state index contributed by atoms with van der Waals surface area (Å²) in [7, 11) is 0. The summed E-state index contributed by atoms with van der Waals surface area (Å²) in [5.74, 6) is 5.89. The molecule has 0 spiro atoms. The first-order valence-corrected chi connectivity index (χ1v) is 18.3. The summed E-state index contributed by atoms with van der Waals surface area (Å²) in [5.41, 5.74) is 10.5. The Morgan fingerprint density at radius 2 is 0.979 bits per heavy atom. The van der Waals surface area contributed by atoms with Gasteiger partial charge in [-0.15, -0.1) is 0 Å². The molecule has 0 saturated heterocycles. The van der Waals surface area contributed by atoms with Crippen molar-refractivity contribution < 1.29 is 0 Å². The lowest BCUT2D eigenvalue weighted by atomic mass is 9.25. The van der Waals surface area contributed by atoms with Crippen molar-refractivity contribution in [1.29, 1.82) is 0 Å². The van der Waals surface area contributed by atoms with Crippen molar-refractivity contribution in [2.24, 2.45) is 40.9 Å². The molecule has 0 amide bonds. The lowest BCUT2D eigenvalue weighted by Crippen LogP contribution is -2.74. The normalized spacial score (nSPS) is 32.9. The van der Waals surface area contributed by atoms with Gasteiger partial charge in [-0.3, -0.25) is 0 Å². The molecule has 13 rings (SSSR count). The molecule has 7 fully saturated rings. The fourth-order valence-corrected chi connectivity index (χ4v) is 13.3. The highest BCUT2D eigenvalue weighted by atomic mass is 14.8. The third-order valence-electron chi connectivity index (χ3n) is 14.6. The molecule has 0 nitrogen and oxygen atoms in total. The second-order valence-corrected chi connectivity index (χ2v) is 16.4. The predicted molar refractivity (Wildman–Crippen MR) is 196 cm³/mol. The molecule has 8 unspecified atom stereocenters. The highest BCUT2D eigenvalue weighted by Crippen LogP contribution is 2.80. The first kappa shape index (κ1) is 26.9. The fourth-order valence-electron chi connectivity index (χ4n) is 13.3. The van der Waals surface area contributed by atoms with Crippen molar-refractivity contribution >= 4 is 21.5 Å². The second-order valence-electron chi connectivity index (χ2n) is 16.4. The van der Waals surface area contributed by atoms with E-state index in [1.54, 1.807) is 12.0 Å². The van der Waals surface area contributed by atoms with E-state index in [4.69, 9.17) is 0 Å². The molecule has 0 heteroatoms. The number of hydrogen-bond donors (Lipinski definition) is 0. The lowest BCUT2D eigenvalue weighted by molar-refractivity contribution is -0.266. The third kappa shape index (κ3) is 3.45. The largest absolute Gasteiger partial charge is 0.0622 e. The summed E-state index contributed by atoms with van der Waals surface area (Å²) in [5, 5.41) is 5.28. The summed E-state index contributed by atoms with van der Waals surface area (Å²) in [6, 6.07) is 48.4. The molecule has 0 aliphatic heterocycles. The van der Waals surface area contributed by atoms with E-state index in [1.165, 1.54) is 87.0 Å². The van der Waals surface area contributed by atoms with E-state index in [-0.39, 0.29) is 0 Å². The van der Waals surface area contributed by atoms with Crippen molar-refractivity contribution in [1.82, 2.24) is 0 Å². The van der Waals surface area contributed by atoms with Crippen molar-refractivity contribution in [3.8, 4) is 33.4 Å². The average molecular weight is 607 g/mol. The SMILES string of the molecule is CC12CC3CC4C5CC(CC41)CC2(c1ccc(-c2ccc4c(-c6ccccc6)c6ccccc6c(-c6ccccc6)c4c2)cc1)C5C3. The Morgan fingerprint density at radius 1 is 0.447 bits per heavy atom. The summed E-state index contributed by atoms with van der Waals surface area (Å²) >= 11 is 0. The maximum absolute atomic E-state index is 2.75. The van der Waals surface area contributed by atoms with E-state index in [1.807, 2.05) is 0 Å². The molecule has 7 saturated carbocycles. The molecule has 0 aromatic heterocycles. The van der Waals surface area contributed by atoms with Crippen molar-refractivity contribution in [3.05, 3.63) is 133 Å². The van der Waals surface area contributed by atoms with Gasteiger partial charge in [-0.2, -0.15) is 0 Å². The van der Waals surface area contributed by atoms with Crippen LogP contribution in [0, 0.1) is 40.9 Å². The van der Waals surface area contributed by atoms with Crippen LogP contribution in [-0.2, 0) is 5.41 Å². The number of fused-ring (bicyclic) bond motifs is 2. The van der Waals surface area contributed by atoms with Gasteiger partial charge in [-0.1, -0.05) is 128 Å². The monoisotopic (exact) mass is 606 g/mol. The van der Waals surface area contributed by atoms with Gasteiger partial charge in [0.05, 0.1) is 0 Å². The van der Waals surface area contributed by atoms with E-state index in [2.05, 4.69) is 134 Å². The lowest BCUT2D eigenvalue weighted by Gasteiger charge is -2.79. The van der Waals surface area contributed by atoms with Crippen molar-refractivity contribution in [2.75, 3.05) is 0 Å². The molecule has 8 atom stereocenters. The van der Waals surface area contributed by atoms with Gasteiger partial charge in [0.1, 0.15) is 0 Å². The summed E-state index contributed by atoms with van der Waals surface area (Å²) < 4.78 is 0. The van der Waals surface area contributed by atoms with Crippen LogP contribution in [0.25, 0.3) is 54.9 Å². The summed E-state index contributed by atoms with van der Waals surface area (Å²) in [4.78, 5) is 0. The minimum absolute atomic E-state index is 0.406. The van der Waals surface area contributed by atoms with Gasteiger partial charge in [0, 0.05) is 5.41 Å². The molecular weight excluding hydrogens is 565 g/mol. The number of benzene rings is 6. The molecule has 7 aliphatic carbocycles. The number of rotatable bonds is 4. The highest BCUT2D eigenvalue weighted by molar-refractivity contribution is 6.21. The average Bonchev–Trinajstić information content (AvgIpc) is 3.13.